The molecule has 0 aromatic heterocycles. The molecule has 3 atom stereocenters. The van der Waals surface area contributed by atoms with Crippen LogP contribution in [-0.2, 0) is 16.1 Å². The fraction of sp³-hybridized carbons (Fsp3) is 0.371. The molecule has 2 fully saturated rings. The molecule has 2 amide bonds. The van der Waals surface area contributed by atoms with E-state index in [1.54, 1.807) is 53.4 Å². The standard InChI is InChI=1S/C35H39FN2O4/c1-3-4-21-41-29-19-17-26(18-20-29)24(2)37-34(39)27-15-13-25(14-16-27)22-33-35(40)38(23-28-9-5-6-10-30(28)36)31-11-7-8-12-32(31)42-33/h5-6,9-10,13-20,22,24,31-32H,3-4,7-8,11-12,21,23H2,1-2H3,(H,37,39)/b33-22-. The lowest BCUT2D eigenvalue weighted by Gasteiger charge is -2.44. The molecule has 3 aromatic rings. The number of ether oxygens (including phenoxy) is 2. The summed E-state index contributed by atoms with van der Waals surface area (Å²) >= 11 is 0. The van der Waals surface area contributed by atoms with E-state index in [-0.39, 0.29) is 48.1 Å². The van der Waals surface area contributed by atoms with Crippen molar-refractivity contribution < 1.29 is 23.5 Å². The lowest BCUT2D eigenvalue weighted by atomic mass is 9.89. The van der Waals surface area contributed by atoms with Crippen molar-refractivity contribution in [1.29, 1.82) is 0 Å². The van der Waals surface area contributed by atoms with Gasteiger partial charge in [0.1, 0.15) is 17.7 Å². The van der Waals surface area contributed by atoms with Crippen molar-refractivity contribution in [3.8, 4) is 5.75 Å². The Hall–Kier alpha value is -4.13. The lowest BCUT2D eigenvalue weighted by molar-refractivity contribution is -0.149. The van der Waals surface area contributed by atoms with E-state index < -0.39 is 0 Å². The van der Waals surface area contributed by atoms with Crippen LogP contribution in [0, 0.1) is 5.82 Å². The molecular formula is C35H39FN2O4. The number of nitrogens with zero attached hydrogens (tertiary/aromatic N) is 1. The number of rotatable bonds is 10. The van der Waals surface area contributed by atoms with Crippen LogP contribution in [-0.4, -0.2) is 35.5 Å². The number of unbranched alkanes of at least 4 members (excludes halogenated alkanes) is 1. The largest absolute Gasteiger partial charge is 0.494 e. The molecule has 1 saturated carbocycles. The summed E-state index contributed by atoms with van der Waals surface area (Å²) in [5, 5.41) is 3.05. The van der Waals surface area contributed by atoms with Gasteiger partial charge < -0.3 is 19.7 Å². The number of fused-ring (bicyclic) bond motifs is 1. The molecule has 1 heterocycles. The highest BCUT2D eigenvalue weighted by Crippen LogP contribution is 2.34. The molecule has 0 radical (unpaired) electrons. The molecule has 5 rings (SSSR count). The highest BCUT2D eigenvalue weighted by atomic mass is 19.1. The van der Waals surface area contributed by atoms with Crippen LogP contribution in [0.4, 0.5) is 4.39 Å². The molecule has 1 aliphatic heterocycles. The first kappa shape index (κ1) is 29.4. The van der Waals surface area contributed by atoms with Crippen molar-refractivity contribution in [2.75, 3.05) is 6.61 Å². The molecular weight excluding hydrogens is 531 g/mol. The SMILES string of the molecule is CCCCOc1ccc(C(C)NC(=O)c2ccc(/C=C3\OC4CCCCC4N(Cc4ccccc4F)C3=O)cc2)cc1. The summed E-state index contributed by atoms with van der Waals surface area (Å²) in [5.74, 6) is 0.342. The fourth-order valence-electron chi connectivity index (χ4n) is 5.60. The van der Waals surface area contributed by atoms with Gasteiger partial charge in [0.25, 0.3) is 11.8 Å². The molecule has 3 unspecified atom stereocenters. The molecule has 42 heavy (non-hydrogen) atoms. The van der Waals surface area contributed by atoms with Crippen LogP contribution >= 0.6 is 0 Å². The molecule has 0 bridgehead atoms. The third-order valence-electron chi connectivity index (χ3n) is 8.08. The topological polar surface area (TPSA) is 67.9 Å². The molecule has 2 aliphatic rings. The minimum atomic E-state index is -0.314. The van der Waals surface area contributed by atoms with Gasteiger partial charge in [-0.3, -0.25) is 9.59 Å². The number of amides is 2. The van der Waals surface area contributed by atoms with Gasteiger partial charge in [-0.25, -0.2) is 4.39 Å². The minimum absolute atomic E-state index is 0.0687. The average molecular weight is 571 g/mol. The second-order valence-corrected chi connectivity index (χ2v) is 11.1. The first-order valence-electron chi connectivity index (χ1n) is 15.0. The Labute approximate surface area is 247 Å². The van der Waals surface area contributed by atoms with Gasteiger partial charge in [-0.05, 0) is 80.1 Å². The van der Waals surface area contributed by atoms with Crippen LogP contribution in [0.5, 0.6) is 5.75 Å². The number of benzene rings is 3. The molecule has 6 nitrogen and oxygen atoms in total. The van der Waals surface area contributed by atoms with Gasteiger partial charge in [0, 0.05) is 17.7 Å². The Kier molecular flexibility index (Phi) is 9.57. The first-order valence-corrected chi connectivity index (χ1v) is 15.0. The van der Waals surface area contributed by atoms with Crippen molar-refractivity contribution in [3.63, 3.8) is 0 Å². The Morgan fingerprint density at radius 2 is 1.81 bits per heavy atom. The van der Waals surface area contributed by atoms with Gasteiger partial charge in [0.15, 0.2) is 5.76 Å². The smallest absolute Gasteiger partial charge is 0.289 e. The van der Waals surface area contributed by atoms with Crippen LogP contribution in [0.2, 0.25) is 0 Å². The van der Waals surface area contributed by atoms with E-state index in [1.165, 1.54) is 6.07 Å². The van der Waals surface area contributed by atoms with Crippen molar-refractivity contribution >= 4 is 17.9 Å². The van der Waals surface area contributed by atoms with E-state index in [0.717, 1.165) is 55.4 Å². The maximum absolute atomic E-state index is 14.5. The predicted molar refractivity (Wildman–Crippen MR) is 161 cm³/mol. The summed E-state index contributed by atoms with van der Waals surface area (Å²) in [6.45, 7) is 4.98. The summed E-state index contributed by atoms with van der Waals surface area (Å²) in [7, 11) is 0. The number of hydrogen-bond acceptors (Lipinski definition) is 4. The maximum Gasteiger partial charge on any atom is 0.289 e. The Morgan fingerprint density at radius 3 is 2.55 bits per heavy atom. The number of carbonyl (C=O) groups excluding carboxylic acids is 2. The second-order valence-electron chi connectivity index (χ2n) is 11.1. The van der Waals surface area contributed by atoms with Gasteiger partial charge >= 0.3 is 0 Å². The first-order chi connectivity index (χ1) is 20.4. The zero-order valence-electron chi connectivity index (χ0n) is 24.4. The van der Waals surface area contributed by atoms with Crippen molar-refractivity contribution in [2.45, 2.75) is 77.1 Å². The zero-order valence-corrected chi connectivity index (χ0v) is 24.4. The van der Waals surface area contributed by atoms with E-state index in [0.29, 0.717) is 17.7 Å². The number of hydrogen-bond donors (Lipinski definition) is 1. The molecule has 0 spiro atoms. The van der Waals surface area contributed by atoms with Crippen LogP contribution < -0.4 is 10.1 Å². The molecule has 1 saturated heterocycles. The Morgan fingerprint density at radius 1 is 1.07 bits per heavy atom. The summed E-state index contributed by atoms with van der Waals surface area (Å²) in [6.07, 6.45) is 7.46. The van der Waals surface area contributed by atoms with E-state index in [1.807, 2.05) is 31.2 Å². The third kappa shape index (κ3) is 7.01. The van der Waals surface area contributed by atoms with Crippen LogP contribution in [0.15, 0.2) is 78.6 Å². The summed E-state index contributed by atoms with van der Waals surface area (Å²) in [5.41, 5.74) is 2.76. The van der Waals surface area contributed by atoms with Gasteiger partial charge in [0.05, 0.1) is 18.7 Å². The van der Waals surface area contributed by atoms with Crippen LogP contribution in [0.3, 0.4) is 0 Å². The van der Waals surface area contributed by atoms with Gasteiger partial charge in [0.2, 0.25) is 0 Å². The summed E-state index contributed by atoms with van der Waals surface area (Å²) in [6, 6.07) is 21.2. The van der Waals surface area contributed by atoms with Crippen LogP contribution in [0.1, 0.15) is 85.5 Å². The van der Waals surface area contributed by atoms with Crippen LogP contribution in [0.25, 0.3) is 6.08 Å². The van der Waals surface area contributed by atoms with Gasteiger partial charge in [-0.2, -0.15) is 0 Å². The van der Waals surface area contributed by atoms with Crippen molar-refractivity contribution in [1.82, 2.24) is 10.2 Å². The minimum Gasteiger partial charge on any atom is -0.494 e. The Bertz CT molecular complexity index is 1400. The van der Waals surface area contributed by atoms with Gasteiger partial charge in [-0.1, -0.05) is 62.2 Å². The van der Waals surface area contributed by atoms with E-state index in [2.05, 4.69) is 12.2 Å². The van der Waals surface area contributed by atoms with Gasteiger partial charge in [-0.15, -0.1) is 0 Å². The zero-order chi connectivity index (χ0) is 29.5. The number of carbonyl (C=O) groups is 2. The fourth-order valence-corrected chi connectivity index (χ4v) is 5.60. The highest BCUT2D eigenvalue weighted by Gasteiger charge is 2.41. The molecule has 1 N–H and O–H groups in total. The van der Waals surface area contributed by atoms with E-state index >= 15 is 0 Å². The number of halogens is 1. The molecule has 220 valence electrons. The Balaban J connectivity index is 1.25. The quantitative estimate of drug-likeness (QED) is 0.207. The second kappa shape index (κ2) is 13.7. The number of morpholine rings is 1. The number of nitrogens with one attached hydrogen (secondary N) is 1. The summed E-state index contributed by atoms with van der Waals surface area (Å²) in [4.78, 5) is 28.3. The monoisotopic (exact) mass is 570 g/mol. The molecule has 1 aliphatic carbocycles. The van der Waals surface area contributed by atoms with Crippen molar-refractivity contribution in [2.24, 2.45) is 0 Å². The highest BCUT2D eigenvalue weighted by molar-refractivity contribution is 5.97. The predicted octanol–water partition coefficient (Wildman–Crippen LogP) is 7.21. The van der Waals surface area contributed by atoms with Crippen molar-refractivity contribution in [3.05, 3.63) is 107 Å². The van der Waals surface area contributed by atoms with E-state index in [4.69, 9.17) is 9.47 Å². The third-order valence-corrected chi connectivity index (χ3v) is 8.08. The summed E-state index contributed by atoms with van der Waals surface area (Å²) < 4.78 is 26.4. The lowest BCUT2D eigenvalue weighted by Crippen LogP contribution is -2.54. The normalized spacial score (nSPS) is 20.0. The molecule has 7 heteroatoms. The maximum atomic E-state index is 14.5. The molecule has 3 aromatic carbocycles. The van der Waals surface area contributed by atoms with E-state index in [9.17, 15) is 14.0 Å². The average Bonchev–Trinajstić information content (AvgIpc) is 3.01.